The zero-order valence-corrected chi connectivity index (χ0v) is 24.4. The molecule has 3 heterocycles. The molecule has 42 heavy (non-hydrogen) atoms. The van der Waals surface area contributed by atoms with Gasteiger partial charge in [-0.25, -0.2) is 4.79 Å². The van der Waals surface area contributed by atoms with Crippen LogP contribution in [0.3, 0.4) is 0 Å². The molecular weight excluding hydrogens is 652 g/mol. The van der Waals surface area contributed by atoms with Crippen molar-refractivity contribution in [1.82, 2.24) is 10.3 Å². The highest BCUT2D eigenvalue weighted by Crippen LogP contribution is 2.40. The predicted molar refractivity (Wildman–Crippen MR) is 145 cm³/mol. The number of carboxylic acid groups (broad SMARTS) is 1. The number of carbonyl (C=O) groups excluding carboxylic acids is 1. The van der Waals surface area contributed by atoms with Gasteiger partial charge < -0.3 is 65.0 Å². The molecule has 2 aromatic rings. The number of rotatable bonds is 10. The van der Waals surface area contributed by atoms with E-state index in [1.165, 1.54) is 13.1 Å². The van der Waals surface area contributed by atoms with Crippen LogP contribution < -0.4 is 10.1 Å². The van der Waals surface area contributed by atoms with Crippen molar-refractivity contribution in [3.63, 3.8) is 0 Å². The SMILES string of the molecule is CC(=O)N[C@@H]1CC[C@](O[C@H]2[C@@H](O)[C@@H](CO)O[C@@H](Oc3c[nH]c4ccc(Br)c(Cl)c34)[C@@H]2O)(C(=O)O)O[C@H]1[C@H](O)[C@H](O)CO. The number of fused-ring (bicyclic) bond motifs is 1. The first-order valence-electron chi connectivity index (χ1n) is 12.9. The molecule has 0 unspecified atom stereocenters. The third kappa shape index (κ3) is 6.39. The molecule has 9 N–H and O–H groups in total. The molecule has 0 aliphatic carbocycles. The van der Waals surface area contributed by atoms with Crippen LogP contribution in [-0.2, 0) is 23.8 Å². The number of benzene rings is 1. The number of halogens is 2. The summed E-state index contributed by atoms with van der Waals surface area (Å²) in [5, 5.41) is 75.4. The number of aromatic amines is 1. The van der Waals surface area contributed by atoms with E-state index in [1.807, 2.05) is 0 Å². The third-order valence-electron chi connectivity index (χ3n) is 7.23. The minimum Gasteiger partial charge on any atom is -0.477 e. The number of H-pyrrole nitrogens is 1. The van der Waals surface area contributed by atoms with Crippen LogP contribution in [0.2, 0.25) is 5.02 Å². The molecule has 1 aromatic heterocycles. The standard InChI is InChI=1S/C25H32BrClN2O13/c1-9(32)29-12-4-5-25(24(37)38,41-21(12)18(34)13(33)7-30)42-22-19(35)15(8-31)40-23(20(22)36)39-14-6-28-11-3-2-10(26)17(27)16(11)14/h2-3,6,12-13,15,18-23,28,30-31,33-36H,4-5,7-8H2,1H3,(H,29,32)(H,37,38)/t12-,13-,15-,18-,19+,20-,21-,22+,23-,25+/m1/s1. The van der Waals surface area contributed by atoms with Gasteiger partial charge in [-0.1, -0.05) is 11.6 Å². The topological polar surface area (TPSA) is 240 Å². The van der Waals surface area contributed by atoms with E-state index in [1.54, 1.807) is 12.1 Å². The molecule has 0 radical (unpaired) electrons. The molecule has 0 bridgehead atoms. The number of amides is 1. The first-order valence-corrected chi connectivity index (χ1v) is 14.1. The maximum Gasteiger partial charge on any atom is 0.364 e. The van der Waals surface area contributed by atoms with Crippen molar-refractivity contribution < 1.29 is 64.3 Å². The molecule has 1 amide bonds. The molecular formula is C25H32BrClN2O13. The molecule has 2 fully saturated rings. The van der Waals surface area contributed by atoms with Crippen LogP contribution in [-0.4, -0.2) is 127 Å². The summed E-state index contributed by atoms with van der Waals surface area (Å²) in [5.74, 6) is -4.74. The summed E-state index contributed by atoms with van der Waals surface area (Å²) in [6.45, 7) is -0.494. The molecule has 10 atom stereocenters. The first-order chi connectivity index (χ1) is 19.8. The second-order valence-corrected chi connectivity index (χ2v) is 11.3. The van der Waals surface area contributed by atoms with Crippen LogP contribution in [0.5, 0.6) is 5.75 Å². The largest absolute Gasteiger partial charge is 0.477 e. The van der Waals surface area contributed by atoms with Gasteiger partial charge in [-0.2, -0.15) is 0 Å². The van der Waals surface area contributed by atoms with Gasteiger partial charge in [0.05, 0.1) is 35.2 Å². The van der Waals surface area contributed by atoms with E-state index in [0.717, 1.165) is 0 Å². The lowest BCUT2D eigenvalue weighted by molar-refractivity contribution is -0.356. The molecule has 1 aromatic carbocycles. The van der Waals surface area contributed by atoms with Crippen LogP contribution in [0.4, 0.5) is 0 Å². The molecule has 234 valence electrons. The van der Waals surface area contributed by atoms with Gasteiger partial charge in [0.2, 0.25) is 12.2 Å². The number of aliphatic hydroxyl groups is 6. The van der Waals surface area contributed by atoms with Crippen molar-refractivity contribution >= 4 is 50.3 Å². The van der Waals surface area contributed by atoms with Crippen molar-refractivity contribution in [2.45, 2.75) is 80.6 Å². The molecule has 0 spiro atoms. The Balaban J connectivity index is 1.64. The van der Waals surface area contributed by atoms with Crippen molar-refractivity contribution in [3.05, 3.63) is 27.8 Å². The van der Waals surface area contributed by atoms with Gasteiger partial charge in [0.25, 0.3) is 5.79 Å². The average Bonchev–Trinajstić information content (AvgIpc) is 3.37. The Morgan fingerprint density at radius 3 is 2.60 bits per heavy atom. The van der Waals surface area contributed by atoms with Crippen LogP contribution in [0, 0.1) is 0 Å². The summed E-state index contributed by atoms with van der Waals surface area (Å²) in [6, 6.07) is 2.42. The van der Waals surface area contributed by atoms with Crippen LogP contribution in [0.25, 0.3) is 10.9 Å². The number of nitrogens with one attached hydrogen (secondary N) is 2. The smallest absolute Gasteiger partial charge is 0.364 e. The molecule has 0 saturated carbocycles. The minimum atomic E-state index is -2.63. The molecule has 17 heteroatoms. The molecule has 4 rings (SSSR count). The van der Waals surface area contributed by atoms with Crippen LogP contribution >= 0.6 is 27.5 Å². The number of ether oxygens (including phenoxy) is 4. The minimum absolute atomic E-state index is 0.133. The predicted octanol–water partition coefficient (Wildman–Crippen LogP) is -1.03. The second kappa shape index (κ2) is 13.3. The lowest BCUT2D eigenvalue weighted by Crippen LogP contribution is -2.67. The van der Waals surface area contributed by atoms with Gasteiger partial charge in [0.15, 0.2) is 0 Å². The Morgan fingerprint density at radius 1 is 1.26 bits per heavy atom. The van der Waals surface area contributed by atoms with Gasteiger partial charge in [-0.15, -0.1) is 0 Å². The molecule has 2 aliphatic heterocycles. The van der Waals surface area contributed by atoms with Crippen molar-refractivity contribution in [1.29, 1.82) is 0 Å². The summed E-state index contributed by atoms with van der Waals surface area (Å²) in [6.07, 6.45) is -12.8. The average molecular weight is 684 g/mol. The van der Waals surface area contributed by atoms with Crippen molar-refractivity contribution in [2.24, 2.45) is 0 Å². The second-order valence-electron chi connectivity index (χ2n) is 10.1. The zero-order valence-electron chi connectivity index (χ0n) is 22.1. The van der Waals surface area contributed by atoms with Crippen molar-refractivity contribution in [3.8, 4) is 5.75 Å². The van der Waals surface area contributed by atoms with Gasteiger partial charge in [0, 0.05) is 24.0 Å². The van der Waals surface area contributed by atoms with Crippen LogP contribution in [0.15, 0.2) is 22.8 Å². The van der Waals surface area contributed by atoms with E-state index < -0.39 is 92.4 Å². The van der Waals surface area contributed by atoms with E-state index in [2.05, 4.69) is 26.2 Å². The molecule has 2 saturated heterocycles. The maximum absolute atomic E-state index is 12.6. The highest BCUT2D eigenvalue weighted by molar-refractivity contribution is 9.10. The number of carboxylic acids is 1. The van der Waals surface area contributed by atoms with E-state index in [9.17, 15) is 45.3 Å². The number of aromatic nitrogens is 1. The summed E-state index contributed by atoms with van der Waals surface area (Å²) in [5.41, 5.74) is 0.582. The molecule has 2 aliphatic rings. The van der Waals surface area contributed by atoms with Gasteiger partial charge >= 0.3 is 5.97 Å². The summed E-state index contributed by atoms with van der Waals surface area (Å²) >= 11 is 9.74. The number of carbonyl (C=O) groups is 2. The van der Waals surface area contributed by atoms with E-state index >= 15 is 0 Å². The highest BCUT2D eigenvalue weighted by Gasteiger charge is 2.57. The molecule has 15 nitrogen and oxygen atoms in total. The summed E-state index contributed by atoms with van der Waals surface area (Å²) < 4.78 is 23.4. The third-order valence-corrected chi connectivity index (χ3v) is 8.51. The fraction of sp³-hybridized carbons (Fsp3) is 0.600. The summed E-state index contributed by atoms with van der Waals surface area (Å²) in [7, 11) is 0. The Bertz CT molecular complexity index is 1280. The quantitative estimate of drug-likeness (QED) is 0.146. The van der Waals surface area contributed by atoms with Gasteiger partial charge in [-0.3, -0.25) is 4.79 Å². The first kappa shape index (κ1) is 32.8. The maximum atomic E-state index is 12.6. The van der Waals surface area contributed by atoms with Gasteiger partial charge in [0.1, 0.15) is 48.5 Å². The lowest BCUT2D eigenvalue weighted by Gasteiger charge is -2.48. The Morgan fingerprint density at radius 2 is 1.98 bits per heavy atom. The summed E-state index contributed by atoms with van der Waals surface area (Å²) in [4.78, 5) is 27.3. The number of aliphatic carboxylic acids is 1. The van der Waals surface area contributed by atoms with E-state index in [-0.39, 0.29) is 17.2 Å². The zero-order chi connectivity index (χ0) is 30.9. The van der Waals surface area contributed by atoms with E-state index in [4.69, 9.17) is 30.5 Å². The monoisotopic (exact) mass is 682 g/mol. The van der Waals surface area contributed by atoms with E-state index in [0.29, 0.717) is 15.4 Å². The highest BCUT2D eigenvalue weighted by atomic mass is 79.9. The fourth-order valence-corrected chi connectivity index (χ4v) is 5.66. The number of aliphatic hydroxyl groups excluding tert-OH is 6. The number of hydrogen-bond acceptors (Lipinski definition) is 12. The Kier molecular flexibility index (Phi) is 10.4. The van der Waals surface area contributed by atoms with Gasteiger partial charge in [-0.05, 0) is 34.5 Å². The lowest BCUT2D eigenvalue weighted by atomic mass is 9.90. The van der Waals surface area contributed by atoms with Crippen molar-refractivity contribution in [2.75, 3.05) is 13.2 Å². The Hall–Kier alpha value is -2.09. The Labute approximate surface area is 252 Å². The fourth-order valence-electron chi connectivity index (χ4n) is 5.07. The number of hydrogen-bond donors (Lipinski definition) is 9. The van der Waals surface area contributed by atoms with Crippen LogP contribution in [0.1, 0.15) is 19.8 Å². The normalized spacial score (nSPS) is 33.2.